The SMILES string of the molecule is Clc1ccc(N=P(Cl)(Cl)Cl)cc1. The van der Waals surface area contributed by atoms with Gasteiger partial charge in [0.15, 0.2) is 0 Å². The van der Waals surface area contributed by atoms with E-state index in [4.69, 9.17) is 45.3 Å². The molecule has 0 spiro atoms. The molecule has 1 rings (SSSR count). The molecule has 0 fully saturated rings. The van der Waals surface area contributed by atoms with Crippen LogP contribution in [0.15, 0.2) is 29.0 Å². The number of nitrogens with zero attached hydrogens (tertiary/aromatic N) is 1. The Kier molecular flexibility index (Phi) is 3.75. The van der Waals surface area contributed by atoms with Gasteiger partial charge in [-0.1, -0.05) is 11.6 Å². The van der Waals surface area contributed by atoms with Gasteiger partial charge in [-0.15, -0.1) is 0 Å². The zero-order chi connectivity index (χ0) is 9.19. The Morgan fingerprint density at radius 1 is 1.00 bits per heavy atom. The summed E-state index contributed by atoms with van der Waals surface area (Å²) in [6.45, 7) is 0. The summed E-state index contributed by atoms with van der Waals surface area (Å²) in [5, 5.41) is -2.02. The van der Waals surface area contributed by atoms with Gasteiger partial charge in [0.05, 0.1) is 5.69 Å². The second kappa shape index (κ2) is 4.21. The lowest BCUT2D eigenvalue weighted by Crippen LogP contribution is -1.62. The van der Waals surface area contributed by atoms with E-state index in [1.54, 1.807) is 24.3 Å². The van der Waals surface area contributed by atoms with Crippen LogP contribution in [0.5, 0.6) is 0 Å². The van der Waals surface area contributed by atoms with E-state index in [2.05, 4.69) is 4.74 Å². The highest BCUT2D eigenvalue weighted by atomic mass is 36.0. The first-order valence-corrected chi connectivity index (χ1v) is 7.78. The monoisotopic (exact) mass is 261 g/mol. The van der Waals surface area contributed by atoms with Gasteiger partial charge in [-0.3, -0.25) is 0 Å². The normalized spacial score (nSPS) is 11.3. The molecular weight excluding hydrogens is 259 g/mol. The van der Waals surface area contributed by atoms with Crippen LogP contribution in [-0.4, -0.2) is 0 Å². The summed E-state index contributed by atoms with van der Waals surface area (Å²) < 4.78 is 3.88. The summed E-state index contributed by atoms with van der Waals surface area (Å²) in [5.41, 5.74) is 0.632. The number of rotatable bonds is 1. The Labute approximate surface area is 90.0 Å². The lowest BCUT2D eigenvalue weighted by atomic mass is 10.3. The second-order valence-corrected chi connectivity index (χ2v) is 9.43. The van der Waals surface area contributed by atoms with Crippen molar-refractivity contribution in [1.82, 2.24) is 0 Å². The average Bonchev–Trinajstić information content (AvgIpc) is 1.91. The molecule has 12 heavy (non-hydrogen) atoms. The maximum atomic E-state index is 5.65. The van der Waals surface area contributed by atoms with Gasteiger partial charge in [-0.05, 0) is 58.0 Å². The molecule has 0 saturated carbocycles. The lowest BCUT2D eigenvalue weighted by molar-refractivity contribution is 1.57. The number of halogens is 4. The molecule has 0 amide bonds. The Bertz CT molecular complexity index is 307. The minimum Gasteiger partial charge on any atom is -0.223 e. The molecule has 0 bridgehead atoms. The zero-order valence-electron chi connectivity index (χ0n) is 5.72. The summed E-state index contributed by atoms with van der Waals surface area (Å²) in [6.07, 6.45) is 0. The Hall–Kier alpha value is 0.610. The topological polar surface area (TPSA) is 12.4 Å². The Balaban J connectivity index is 3.00. The molecule has 0 heterocycles. The fraction of sp³-hybridized carbons (Fsp3) is 0. The molecule has 1 aromatic rings. The third-order valence-corrected chi connectivity index (χ3v) is 2.45. The molecule has 6 heteroatoms. The van der Waals surface area contributed by atoms with E-state index in [1.165, 1.54) is 0 Å². The van der Waals surface area contributed by atoms with Crippen LogP contribution in [0, 0.1) is 0 Å². The van der Waals surface area contributed by atoms with Gasteiger partial charge in [0, 0.05) is 5.02 Å². The maximum Gasteiger partial charge on any atom is 0.229 e. The van der Waals surface area contributed by atoms with Crippen LogP contribution in [0.1, 0.15) is 0 Å². The van der Waals surface area contributed by atoms with Gasteiger partial charge in [0.25, 0.3) is 0 Å². The summed E-state index contributed by atoms with van der Waals surface area (Å²) in [6, 6.07) is 6.79. The van der Waals surface area contributed by atoms with E-state index >= 15 is 0 Å². The van der Waals surface area contributed by atoms with Crippen molar-refractivity contribution in [2.75, 3.05) is 0 Å². The van der Waals surface area contributed by atoms with Crippen molar-refractivity contribution in [1.29, 1.82) is 0 Å². The first-order valence-electron chi connectivity index (χ1n) is 2.94. The Morgan fingerprint density at radius 2 is 1.50 bits per heavy atom. The number of benzene rings is 1. The number of hydrogen-bond acceptors (Lipinski definition) is 1. The molecular formula is C6H4Cl4NP. The lowest BCUT2D eigenvalue weighted by Gasteiger charge is -1.97. The van der Waals surface area contributed by atoms with Crippen molar-refractivity contribution in [2.45, 2.75) is 0 Å². The van der Waals surface area contributed by atoms with Crippen molar-refractivity contribution >= 4 is 56.1 Å². The summed E-state index contributed by atoms with van der Waals surface area (Å²) in [7, 11) is 0. The van der Waals surface area contributed by atoms with Crippen LogP contribution in [0.3, 0.4) is 0 Å². The van der Waals surface area contributed by atoms with Crippen molar-refractivity contribution in [2.24, 2.45) is 4.74 Å². The molecule has 0 saturated heterocycles. The van der Waals surface area contributed by atoms with Gasteiger partial charge in [0.1, 0.15) is 0 Å². The molecule has 0 aliphatic rings. The van der Waals surface area contributed by atoms with Crippen LogP contribution < -0.4 is 0 Å². The molecule has 0 aromatic heterocycles. The summed E-state index contributed by atoms with van der Waals surface area (Å²) in [4.78, 5) is 0. The quantitative estimate of drug-likeness (QED) is 0.581. The van der Waals surface area contributed by atoms with Gasteiger partial charge in [-0.2, -0.15) is 0 Å². The third-order valence-electron chi connectivity index (χ3n) is 1.06. The predicted molar refractivity (Wildman–Crippen MR) is 58.0 cm³/mol. The van der Waals surface area contributed by atoms with Crippen molar-refractivity contribution in [3.63, 3.8) is 0 Å². The average molecular weight is 263 g/mol. The smallest absolute Gasteiger partial charge is 0.223 e. The van der Waals surface area contributed by atoms with Gasteiger partial charge >= 0.3 is 0 Å². The van der Waals surface area contributed by atoms with E-state index in [-0.39, 0.29) is 0 Å². The number of hydrogen-bond donors (Lipinski definition) is 0. The molecule has 0 atom stereocenters. The minimum atomic E-state index is -2.65. The van der Waals surface area contributed by atoms with E-state index in [0.717, 1.165) is 0 Å². The highest BCUT2D eigenvalue weighted by Crippen LogP contribution is 2.66. The van der Waals surface area contributed by atoms with Gasteiger partial charge in [0.2, 0.25) is 5.11 Å². The first kappa shape index (κ1) is 10.7. The summed E-state index contributed by atoms with van der Waals surface area (Å²) in [5.74, 6) is 0. The van der Waals surface area contributed by atoms with Crippen LogP contribution >= 0.6 is 50.4 Å². The van der Waals surface area contributed by atoms with E-state index in [1.807, 2.05) is 0 Å². The third kappa shape index (κ3) is 4.02. The molecule has 0 aliphatic carbocycles. The van der Waals surface area contributed by atoms with Crippen molar-refractivity contribution < 1.29 is 0 Å². The molecule has 0 unspecified atom stereocenters. The van der Waals surface area contributed by atoms with Crippen LogP contribution in [0.4, 0.5) is 5.69 Å². The van der Waals surface area contributed by atoms with E-state index < -0.39 is 5.11 Å². The second-order valence-electron chi connectivity index (χ2n) is 1.99. The van der Waals surface area contributed by atoms with E-state index in [9.17, 15) is 0 Å². The fourth-order valence-electron chi connectivity index (χ4n) is 0.639. The standard InChI is InChI=1S/C6H4Cl4NP/c7-5-1-3-6(4-2-5)11-12(8,9)10/h1-4H. The largest absolute Gasteiger partial charge is 0.229 e. The zero-order valence-corrected chi connectivity index (χ0v) is 9.63. The molecule has 0 radical (unpaired) electrons. The first-order chi connectivity index (χ1) is 5.47. The van der Waals surface area contributed by atoms with Gasteiger partial charge < -0.3 is 0 Å². The minimum absolute atomic E-state index is 0.632. The molecule has 0 aliphatic heterocycles. The van der Waals surface area contributed by atoms with Crippen molar-refractivity contribution in [3.8, 4) is 0 Å². The molecule has 66 valence electrons. The molecule has 1 nitrogen and oxygen atoms in total. The van der Waals surface area contributed by atoms with Crippen molar-refractivity contribution in [3.05, 3.63) is 29.3 Å². The van der Waals surface area contributed by atoms with Gasteiger partial charge in [-0.25, -0.2) is 4.74 Å². The van der Waals surface area contributed by atoms with E-state index in [0.29, 0.717) is 10.7 Å². The van der Waals surface area contributed by atoms with Crippen LogP contribution in [-0.2, 0) is 0 Å². The molecule has 0 N–H and O–H groups in total. The van der Waals surface area contributed by atoms with Crippen LogP contribution in [0.25, 0.3) is 0 Å². The molecule has 1 aromatic carbocycles. The summed E-state index contributed by atoms with van der Waals surface area (Å²) >= 11 is 22.3. The predicted octanol–water partition coefficient (Wildman–Crippen LogP) is 5.63. The highest BCUT2D eigenvalue weighted by Gasteiger charge is 2.04. The highest BCUT2D eigenvalue weighted by molar-refractivity contribution is 8.26. The Morgan fingerprint density at radius 3 is 1.92 bits per heavy atom. The fourth-order valence-corrected chi connectivity index (χ4v) is 1.95. The van der Waals surface area contributed by atoms with Crippen LogP contribution in [0.2, 0.25) is 5.02 Å². The maximum absolute atomic E-state index is 5.65.